The van der Waals surface area contributed by atoms with Crippen LogP contribution in [-0.4, -0.2) is 49.5 Å². The molecule has 152 valence electrons. The van der Waals surface area contributed by atoms with Gasteiger partial charge in [0.1, 0.15) is 36.5 Å². The third-order valence-electron chi connectivity index (χ3n) is 4.67. The van der Waals surface area contributed by atoms with Gasteiger partial charge in [0.25, 0.3) is 0 Å². The zero-order valence-corrected chi connectivity index (χ0v) is 16.2. The second-order valence-corrected chi connectivity index (χ2v) is 6.46. The molecule has 0 aromatic heterocycles. The molecule has 2 atom stereocenters. The quantitative estimate of drug-likeness (QED) is 0.539. The SMILES string of the molecule is COc1ccc(CN(C(=O)OCc2ccccc2)[C@@H]2C(=O)N[C@@H]2C=O)c(OC)c1. The van der Waals surface area contributed by atoms with Crippen LogP contribution in [0.4, 0.5) is 4.79 Å². The van der Waals surface area contributed by atoms with E-state index in [1.54, 1.807) is 18.2 Å². The van der Waals surface area contributed by atoms with Crippen LogP contribution in [0.2, 0.25) is 0 Å². The average Bonchev–Trinajstić information content (AvgIpc) is 2.75. The molecule has 0 spiro atoms. The molecule has 29 heavy (non-hydrogen) atoms. The number of carbonyl (C=O) groups excluding carboxylic acids is 3. The van der Waals surface area contributed by atoms with Gasteiger partial charge in [0, 0.05) is 11.6 Å². The Morgan fingerprint density at radius 2 is 1.90 bits per heavy atom. The minimum absolute atomic E-state index is 0.0310. The molecule has 8 heteroatoms. The molecule has 1 aliphatic heterocycles. The Kier molecular flexibility index (Phi) is 6.33. The first-order valence-electron chi connectivity index (χ1n) is 9.01. The first-order valence-corrected chi connectivity index (χ1v) is 9.01. The van der Waals surface area contributed by atoms with Crippen LogP contribution in [0.3, 0.4) is 0 Å². The Labute approximate surface area is 168 Å². The largest absolute Gasteiger partial charge is 0.497 e. The van der Waals surface area contributed by atoms with Crippen molar-refractivity contribution in [3.63, 3.8) is 0 Å². The van der Waals surface area contributed by atoms with Gasteiger partial charge in [-0.3, -0.25) is 9.69 Å². The van der Waals surface area contributed by atoms with E-state index in [-0.39, 0.29) is 13.2 Å². The lowest BCUT2D eigenvalue weighted by Crippen LogP contribution is -2.70. The number of rotatable bonds is 8. The summed E-state index contributed by atoms with van der Waals surface area (Å²) in [6.07, 6.45) is -0.0900. The van der Waals surface area contributed by atoms with E-state index in [0.717, 1.165) is 5.56 Å². The maximum Gasteiger partial charge on any atom is 0.411 e. The molecule has 1 N–H and O–H groups in total. The molecule has 2 aromatic carbocycles. The monoisotopic (exact) mass is 398 g/mol. The van der Waals surface area contributed by atoms with E-state index in [1.165, 1.54) is 19.1 Å². The van der Waals surface area contributed by atoms with Crippen molar-refractivity contribution in [2.75, 3.05) is 14.2 Å². The third kappa shape index (κ3) is 4.48. The van der Waals surface area contributed by atoms with Crippen molar-refractivity contribution in [1.82, 2.24) is 10.2 Å². The van der Waals surface area contributed by atoms with Crippen LogP contribution in [0.1, 0.15) is 11.1 Å². The molecule has 0 saturated carbocycles. The number of benzene rings is 2. The van der Waals surface area contributed by atoms with Crippen LogP contribution in [0.5, 0.6) is 11.5 Å². The summed E-state index contributed by atoms with van der Waals surface area (Å²) >= 11 is 0. The van der Waals surface area contributed by atoms with Gasteiger partial charge in [-0.2, -0.15) is 0 Å². The highest BCUT2D eigenvalue weighted by Gasteiger charge is 2.46. The lowest BCUT2D eigenvalue weighted by Gasteiger charge is -2.40. The summed E-state index contributed by atoms with van der Waals surface area (Å²) < 4.78 is 16.0. The average molecular weight is 398 g/mol. The number of ether oxygens (including phenoxy) is 3. The molecule has 1 aliphatic rings. The fraction of sp³-hybridized carbons (Fsp3) is 0.286. The van der Waals surface area contributed by atoms with Gasteiger partial charge in [-0.05, 0) is 17.7 Å². The van der Waals surface area contributed by atoms with Crippen molar-refractivity contribution >= 4 is 18.3 Å². The van der Waals surface area contributed by atoms with E-state index < -0.39 is 24.1 Å². The zero-order chi connectivity index (χ0) is 20.8. The molecular formula is C21H22N2O6. The molecule has 2 aromatic rings. The Bertz CT molecular complexity index is 886. The van der Waals surface area contributed by atoms with Crippen LogP contribution in [0, 0.1) is 0 Å². The summed E-state index contributed by atoms with van der Waals surface area (Å²) in [7, 11) is 3.04. The summed E-state index contributed by atoms with van der Waals surface area (Å²) in [6, 6.07) is 12.6. The van der Waals surface area contributed by atoms with Gasteiger partial charge in [-0.1, -0.05) is 30.3 Å². The van der Waals surface area contributed by atoms with E-state index in [0.29, 0.717) is 23.3 Å². The van der Waals surface area contributed by atoms with Crippen LogP contribution < -0.4 is 14.8 Å². The fourth-order valence-corrected chi connectivity index (χ4v) is 3.08. The van der Waals surface area contributed by atoms with E-state index >= 15 is 0 Å². The fourth-order valence-electron chi connectivity index (χ4n) is 3.08. The number of β-lactam (4-membered cyclic amide) rings is 1. The van der Waals surface area contributed by atoms with E-state index in [1.807, 2.05) is 30.3 Å². The van der Waals surface area contributed by atoms with Crippen LogP contribution in [0.15, 0.2) is 48.5 Å². The second-order valence-electron chi connectivity index (χ2n) is 6.46. The molecular weight excluding hydrogens is 376 g/mol. The maximum absolute atomic E-state index is 12.8. The van der Waals surface area contributed by atoms with Crippen LogP contribution in [-0.2, 0) is 27.5 Å². The highest BCUT2D eigenvalue weighted by Crippen LogP contribution is 2.28. The van der Waals surface area contributed by atoms with Gasteiger partial charge in [0.2, 0.25) is 5.91 Å². The molecule has 0 aliphatic carbocycles. The normalized spacial score (nSPS) is 17.5. The lowest BCUT2D eigenvalue weighted by molar-refractivity contribution is -0.140. The van der Waals surface area contributed by atoms with Crippen molar-refractivity contribution in [3.8, 4) is 11.5 Å². The third-order valence-corrected chi connectivity index (χ3v) is 4.67. The number of amides is 2. The summed E-state index contributed by atoms with van der Waals surface area (Å²) in [5.41, 5.74) is 1.46. The van der Waals surface area contributed by atoms with Crippen molar-refractivity contribution in [2.24, 2.45) is 0 Å². The number of nitrogens with zero attached hydrogens (tertiary/aromatic N) is 1. The summed E-state index contributed by atoms with van der Waals surface area (Å²) in [5, 5.41) is 2.48. The first kappa shape index (κ1) is 20.2. The van der Waals surface area contributed by atoms with Crippen LogP contribution in [0.25, 0.3) is 0 Å². The zero-order valence-electron chi connectivity index (χ0n) is 16.2. The predicted octanol–water partition coefficient (Wildman–Crippen LogP) is 1.91. The lowest BCUT2D eigenvalue weighted by atomic mass is 9.98. The molecule has 0 bridgehead atoms. The van der Waals surface area contributed by atoms with E-state index in [2.05, 4.69) is 5.32 Å². The Morgan fingerprint density at radius 1 is 1.14 bits per heavy atom. The molecule has 1 saturated heterocycles. The van der Waals surface area contributed by atoms with Crippen LogP contribution >= 0.6 is 0 Å². The first-order chi connectivity index (χ1) is 14.1. The van der Waals surface area contributed by atoms with Crippen molar-refractivity contribution < 1.29 is 28.6 Å². The molecule has 1 fully saturated rings. The number of aldehydes is 1. The Hall–Kier alpha value is -3.55. The number of methoxy groups -OCH3 is 2. The second kappa shape index (κ2) is 9.09. The Balaban J connectivity index is 1.82. The minimum atomic E-state index is -0.942. The van der Waals surface area contributed by atoms with Gasteiger partial charge >= 0.3 is 6.09 Å². The molecule has 8 nitrogen and oxygen atoms in total. The molecule has 2 amide bonds. The van der Waals surface area contributed by atoms with E-state index in [4.69, 9.17) is 14.2 Å². The number of hydrogen-bond acceptors (Lipinski definition) is 6. The molecule has 1 heterocycles. The summed E-state index contributed by atoms with van der Waals surface area (Å²) in [5.74, 6) is 0.676. The minimum Gasteiger partial charge on any atom is -0.497 e. The van der Waals surface area contributed by atoms with Crippen molar-refractivity contribution in [2.45, 2.75) is 25.2 Å². The summed E-state index contributed by atoms with van der Waals surface area (Å²) in [4.78, 5) is 37.4. The highest BCUT2D eigenvalue weighted by atomic mass is 16.6. The molecule has 3 rings (SSSR count). The number of nitrogens with one attached hydrogen (secondary N) is 1. The highest BCUT2D eigenvalue weighted by molar-refractivity contribution is 5.98. The van der Waals surface area contributed by atoms with Crippen molar-refractivity contribution in [3.05, 3.63) is 59.7 Å². The van der Waals surface area contributed by atoms with Gasteiger partial charge in [0.15, 0.2) is 0 Å². The van der Waals surface area contributed by atoms with Gasteiger partial charge in [-0.15, -0.1) is 0 Å². The topological polar surface area (TPSA) is 94.2 Å². The van der Waals surface area contributed by atoms with Gasteiger partial charge in [0.05, 0.1) is 20.8 Å². The number of carbonyl (C=O) groups is 3. The predicted molar refractivity (Wildman–Crippen MR) is 103 cm³/mol. The maximum atomic E-state index is 12.8. The standard InChI is InChI=1S/C21H22N2O6/c1-27-16-9-8-15(18(10-16)28-2)11-23(19-17(12-24)22-20(19)25)21(26)29-13-14-6-4-3-5-7-14/h3-10,12,17,19H,11,13H2,1-2H3,(H,22,25)/t17-,19+/m1/s1. The van der Waals surface area contributed by atoms with Gasteiger partial charge in [-0.25, -0.2) is 4.79 Å². The smallest absolute Gasteiger partial charge is 0.411 e. The van der Waals surface area contributed by atoms with Crippen molar-refractivity contribution in [1.29, 1.82) is 0 Å². The number of hydrogen-bond donors (Lipinski definition) is 1. The molecule has 0 radical (unpaired) electrons. The Morgan fingerprint density at radius 3 is 2.52 bits per heavy atom. The molecule has 0 unspecified atom stereocenters. The van der Waals surface area contributed by atoms with E-state index in [9.17, 15) is 14.4 Å². The summed E-state index contributed by atoms with van der Waals surface area (Å²) in [6.45, 7) is 0.0826. The van der Waals surface area contributed by atoms with Gasteiger partial charge < -0.3 is 24.3 Å².